The molecule has 2 N–H and O–H groups in total. The zero-order valence-corrected chi connectivity index (χ0v) is 23.4. The number of aliphatic hydroxyl groups excluding tert-OH is 1. The summed E-state index contributed by atoms with van der Waals surface area (Å²) in [6.45, 7) is 4.65. The van der Waals surface area contributed by atoms with E-state index in [2.05, 4.69) is 22.6 Å². The van der Waals surface area contributed by atoms with Gasteiger partial charge in [-0.15, -0.1) is 6.58 Å². The Balaban J connectivity index is 1.49. The van der Waals surface area contributed by atoms with Crippen LogP contribution in [0, 0.1) is 5.82 Å². The van der Waals surface area contributed by atoms with Gasteiger partial charge in [-0.2, -0.15) is 0 Å². The molecular formula is C33H32FN3O3S. The van der Waals surface area contributed by atoms with E-state index in [1.807, 2.05) is 47.5 Å². The van der Waals surface area contributed by atoms with Crippen molar-refractivity contribution in [1.82, 2.24) is 14.9 Å². The number of H-pyrrole nitrogens is 1. The Labute approximate surface area is 240 Å². The van der Waals surface area contributed by atoms with E-state index in [1.165, 1.54) is 18.2 Å². The van der Waals surface area contributed by atoms with Crippen molar-refractivity contribution in [3.8, 4) is 22.4 Å². The van der Waals surface area contributed by atoms with E-state index in [1.54, 1.807) is 30.6 Å². The predicted molar refractivity (Wildman–Crippen MR) is 163 cm³/mol. The number of pyridine rings is 1. The summed E-state index contributed by atoms with van der Waals surface area (Å²) in [4.78, 5) is 9.45. The van der Waals surface area contributed by atoms with Crippen molar-refractivity contribution >= 4 is 21.5 Å². The summed E-state index contributed by atoms with van der Waals surface area (Å²) in [5, 5.41) is 9.46. The first kappa shape index (κ1) is 28.3. The van der Waals surface area contributed by atoms with Crippen LogP contribution >= 0.6 is 0 Å². The topological polar surface area (TPSA) is 86.3 Å². The third kappa shape index (κ3) is 6.39. The quantitative estimate of drug-likeness (QED) is 0.225. The van der Waals surface area contributed by atoms with Gasteiger partial charge in [-0.1, -0.05) is 36.4 Å². The summed E-state index contributed by atoms with van der Waals surface area (Å²) in [7, 11) is -3.60. The Kier molecular flexibility index (Phi) is 8.61. The molecule has 6 nitrogen and oxygen atoms in total. The van der Waals surface area contributed by atoms with Crippen LogP contribution in [0.25, 0.3) is 34.0 Å². The highest BCUT2D eigenvalue weighted by molar-refractivity contribution is 7.95. The van der Waals surface area contributed by atoms with Crippen LogP contribution in [-0.4, -0.2) is 53.8 Å². The molecule has 0 saturated carbocycles. The average Bonchev–Trinajstić information content (AvgIpc) is 3.43. The van der Waals surface area contributed by atoms with Crippen LogP contribution in [-0.2, 0) is 16.3 Å². The maximum absolute atomic E-state index is 13.6. The zero-order valence-electron chi connectivity index (χ0n) is 22.6. The molecule has 4 aromatic rings. The lowest BCUT2D eigenvalue weighted by Crippen LogP contribution is -2.32. The molecule has 0 unspecified atom stereocenters. The molecular weight excluding hydrogens is 537 g/mol. The molecule has 2 aromatic carbocycles. The standard InChI is InChI=1S/C33H32FN3O3S/c1-2-21-41(39,40)31(22-25-5-3-24(4-6-25)15-20-38)37-18-13-26(14-19-37)30-23-36-33(28-7-9-29(34)10-8-28)32(30)27-11-16-35-17-12-27/h2-13,16-17,22-23,36,38H,1,14-15,18-21H2. The summed E-state index contributed by atoms with van der Waals surface area (Å²) in [5.41, 5.74) is 7.62. The summed E-state index contributed by atoms with van der Waals surface area (Å²) in [6, 6.07) is 17.8. The number of nitrogens with one attached hydrogen (secondary N) is 1. The minimum atomic E-state index is -3.60. The second-order valence-electron chi connectivity index (χ2n) is 9.89. The summed E-state index contributed by atoms with van der Waals surface area (Å²) < 4.78 is 40.3. The van der Waals surface area contributed by atoms with Crippen molar-refractivity contribution in [1.29, 1.82) is 0 Å². The van der Waals surface area contributed by atoms with Crippen molar-refractivity contribution in [2.45, 2.75) is 12.8 Å². The number of halogens is 1. The maximum Gasteiger partial charge on any atom is 0.197 e. The largest absolute Gasteiger partial charge is 0.396 e. The summed E-state index contributed by atoms with van der Waals surface area (Å²) in [6.07, 6.45) is 11.8. The molecule has 0 aliphatic carbocycles. The number of nitrogens with zero attached hydrogens (tertiary/aromatic N) is 2. The highest BCUT2D eigenvalue weighted by atomic mass is 32.2. The van der Waals surface area contributed by atoms with E-state index in [4.69, 9.17) is 0 Å². The van der Waals surface area contributed by atoms with Gasteiger partial charge in [-0.3, -0.25) is 4.98 Å². The zero-order chi connectivity index (χ0) is 28.8. The van der Waals surface area contributed by atoms with E-state index in [0.29, 0.717) is 25.9 Å². The number of aromatic amines is 1. The molecule has 3 heterocycles. The van der Waals surface area contributed by atoms with Gasteiger partial charge in [0, 0.05) is 49.4 Å². The van der Waals surface area contributed by atoms with Gasteiger partial charge in [-0.05, 0) is 83.1 Å². The van der Waals surface area contributed by atoms with Gasteiger partial charge in [0.1, 0.15) is 10.8 Å². The van der Waals surface area contributed by atoms with Crippen LogP contribution in [0.15, 0.2) is 103 Å². The third-order valence-corrected chi connectivity index (χ3v) is 8.86. The molecule has 0 radical (unpaired) electrons. The lowest BCUT2D eigenvalue weighted by atomic mass is 9.92. The number of benzene rings is 2. The number of aromatic nitrogens is 2. The van der Waals surface area contributed by atoms with Gasteiger partial charge in [0.25, 0.3) is 0 Å². The van der Waals surface area contributed by atoms with Gasteiger partial charge >= 0.3 is 0 Å². The van der Waals surface area contributed by atoms with E-state index in [0.717, 1.165) is 44.6 Å². The number of hydrogen-bond acceptors (Lipinski definition) is 5. The Hall–Kier alpha value is -4.27. The summed E-state index contributed by atoms with van der Waals surface area (Å²) >= 11 is 0. The first-order chi connectivity index (χ1) is 19.9. The lowest BCUT2D eigenvalue weighted by Gasteiger charge is -2.30. The number of hydrogen-bond donors (Lipinski definition) is 2. The van der Waals surface area contributed by atoms with E-state index in [-0.39, 0.29) is 23.2 Å². The number of sulfone groups is 1. The van der Waals surface area contributed by atoms with Crippen molar-refractivity contribution in [3.05, 3.63) is 126 Å². The lowest BCUT2D eigenvalue weighted by molar-refractivity contribution is 0.299. The Bertz CT molecular complexity index is 1670. The van der Waals surface area contributed by atoms with Gasteiger partial charge < -0.3 is 15.0 Å². The Morgan fingerprint density at radius 1 is 1.05 bits per heavy atom. The Morgan fingerprint density at radius 2 is 1.78 bits per heavy atom. The molecule has 41 heavy (non-hydrogen) atoms. The highest BCUT2D eigenvalue weighted by Gasteiger charge is 2.26. The van der Waals surface area contributed by atoms with Crippen LogP contribution in [0.4, 0.5) is 4.39 Å². The second-order valence-corrected chi connectivity index (χ2v) is 11.9. The van der Waals surface area contributed by atoms with Crippen LogP contribution in [0.2, 0.25) is 0 Å². The van der Waals surface area contributed by atoms with E-state index < -0.39 is 9.84 Å². The van der Waals surface area contributed by atoms with Crippen LogP contribution in [0.3, 0.4) is 0 Å². The van der Waals surface area contributed by atoms with Gasteiger partial charge in [0.2, 0.25) is 0 Å². The fraction of sp³-hybridized carbons (Fsp3) is 0.182. The monoisotopic (exact) mass is 569 g/mol. The fourth-order valence-electron chi connectivity index (χ4n) is 5.12. The van der Waals surface area contributed by atoms with Crippen LogP contribution < -0.4 is 0 Å². The minimum absolute atomic E-state index is 0.0615. The third-order valence-electron chi connectivity index (χ3n) is 7.18. The summed E-state index contributed by atoms with van der Waals surface area (Å²) in [5.74, 6) is -0.447. The van der Waals surface area contributed by atoms with E-state index in [9.17, 15) is 17.9 Å². The van der Waals surface area contributed by atoms with Crippen molar-refractivity contribution in [2.24, 2.45) is 0 Å². The molecule has 1 aliphatic rings. The second kappa shape index (κ2) is 12.5. The maximum atomic E-state index is 13.6. The number of aliphatic hydroxyl groups is 1. The van der Waals surface area contributed by atoms with E-state index >= 15 is 0 Å². The fourth-order valence-corrected chi connectivity index (χ4v) is 6.48. The van der Waals surface area contributed by atoms with Crippen molar-refractivity contribution < 1.29 is 17.9 Å². The van der Waals surface area contributed by atoms with Crippen molar-refractivity contribution in [2.75, 3.05) is 25.4 Å². The first-order valence-corrected chi connectivity index (χ1v) is 15.1. The highest BCUT2D eigenvalue weighted by Crippen LogP contribution is 2.40. The molecule has 210 valence electrons. The molecule has 0 fully saturated rings. The van der Waals surface area contributed by atoms with Gasteiger partial charge in [0.15, 0.2) is 9.84 Å². The number of rotatable bonds is 10. The van der Waals surface area contributed by atoms with Crippen LogP contribution in [0.5, 0.6) is 0 Å². The first-order valence-electron chi connectivity index (χ1n) is 13.5. The van der Waals surface area contributed by atoms with Crippen molar-refractivity contribution in [3.63, 3.8) is 0 Å². The smallest absolute Gasteiger partial charge is 0.197 e. The molecule has 1 aliphatic heterocycles. The van der Waals surface area contributed by atoms with Crippen LogP contribution in [0.1, 0.15) is 23.1 Å². The molecule has 0 saturated heterocycles. The minimum Gasteiger partial charge on any atom is -0.396 e. The van der Waals surface area contributed by atoms with Gasteiger partial charge in [0.05, 0.1) is 11.4 Å². The normalized spacial score (nSPS) is 14.1. The molecule has 0 atom stereocenters. The molecule has 8 heteroatoms. The molecule has 2 aromatic heterocycles. The molecule has 0 amide bonds. The predicted octanol–water partition coefficient (Wildman–Crippen LogP) is 6.11. The van der Waals surface area contributed by atoms with Gasteiger partial charge in [-0.25, -0.2) is 12.8 Å². The molecule has 5 rings (SSSR count). The Morgan fingerprint density at radius 3 is 2.41 bits per heavy atom. The molecule has 0 spiro atoms. The SMILES string of the molecule is C=CCS(=O)(=O)C(=Cc1ccc(CCO)cc1)N1CC=C(c2c[nH]c(-c3ccc(F)cc3)c2-c2ccncc2)CC1. The molecule has 0 bridgehead atoms. The average molecular weight is 570 g/mol.